The highest BCUT2D eigenvalue weighted by molar-refractivity contribution is 5.91. The first-order chi connectivity index (χ1) is 12.1. The number of benzene rings is 2. The maximum absolute atomic E-state index is 13.0. The predicted octanol–water partition coefficient (Wildman–Crippen LogP) is 3.06. The van der Waals surface area contributed by atoms with E-state index >= 15 is 0 Å². The molecule has 1 heterocycles. The number of hydrogen-bond donors (Lipinski definition) is 2. The lowest BCUT2D eigenvalue weighted by atomic mass is 9.85. The Bertz CT molecular complexity index is 774. The van der Waals surface area contributed by atoms with Crippen molar-refractivity contribution in [1.82, 2.24) is 5.32 Å². The lowest BCUT2D eigenvalue weighted by molar-refractivity contribution is -0.148. The summed E-state index contributed by atoms with van der Waals surface area (Å²) >= 11 is 0. The van der Waals surface area contributed by atoms with Gasteiger partial charge in [-0.25, -0.2) is 4.79 Å². The van der Waals surface area contributed by atoms with E-state index in [9.17, 15) is 14.7 Å². The van der Waals surface area contributed by atoms with Gasteiger partial charge in [0.15, 0.2) is 5.54 Å². The Morgan fingerprint density at radius 3 is 2.52 bits per heavy atom. The van der Waals surface area contributed by atoms with Crippen molar-refractivity contribution < 1.29 is 19.4 Å². The Morgan fingerprint density at radius 2 is 1.84 bits per heavy atom. The molecule has 1 aliphatic rings. The van der Waals surface area contributed by atoms with Gasteiger partial charge in [0.1, 0.15) is 5.75 Å². The van der Waals surface area contributed by atoms with Crippen molar-refractivity contribution in [3.05, 3.63) is 65.7 Å². The number of carbonyl (C=O) groups excluding carboxylic acids is 1. The predicted molar refractivity (Wildman–Crippen MR) is 93.5 cm³/mol. The monoisotopic (exact) mass is 339 g/mol. The molecular weight excluding hydrogens is 318 g/mol. The molecule has 2 unspecified atom stereocenters. The Labute approximate surface area is 146 Å². The SMILES string of the molecule is CCC(NC(=O)C1CCOc2ccccc21)(C(=O)O)c1ccccc1. The van der Waals surface area contributed by atoms with Crippen LogP contribution in [0.15, 0.2) is 54.6 Å². The maximum Gasteiger partial charge on any atom is 0.334 e. The fourth-order valence-electron chi connectivity index (χ4n) is 3.33. The summed E-state index contributed by atoms with van der Waals surface area (Å²) in [6.45, 7) is 2.20. The molecule has 0 saturated heterocycles. The van der Waals surface area contributed by atoms with E-state index in [1.165, 1.54) is 0 Å². The van der Waals surface area contributed by atoms with Crippen molar-refractivity contribution in [2.75, 3.05) is 6.61 Å². The van der Waals surface area contributed by atoms with Crippen LogP contribution in [0.2, 0.25) is 0 Å². The minimum atomic E-state index is -1.44. The molecule has 5 nitrogen and oxygen atoms in total. The third kappa shape index (κ3) is 3.09. The molecule has 0 spiro atoms. The molecule has 0 radical (unpaired) electrons. The van der Waals surface area contributed by atoms with Crippen molar-refractivity contribution >= 4 is 11.9 Å². The van der Waals surface area contributed by atoms with Crippen LogP contribution in [0.1, 0.15) is 36.8 Å². The molecule has 2 N–H and O–H groups in total. The summed E-state index contributed by atoms with van der Waals surface area (Å²) in [5.41, 5.74) is -0.0700. The number of hydrogen-bond acceptors (Lipinski definition) is 3. The molecular formula is C20H21NO4. The molecule has 2 aromatic carbocycles. The minimum Gasteiger partial charge on any atom is -0.493 e. The van der Waals surface area contributed by atoms with Crippen LogP contribution < -0.4 is 10.1 Å². The zero-order chi connectivity index (χ0) is 17.9. The molecule has 130 valence electrons. The van der Waals surface area contributed by atoms with Gasteiger partial charge in [0.05, 0.1) is 12.5 Å². The number of para-hydroxylation sites is 1. The number of carboxylic acid groups (broad SMARTS) is 1. The molecule has 0 aliphatic carbocycles. The van der Waals surface area contributed by atoms with Crippen LogP contribution in [0.5, 0.6) is 5.75 Å². The molecule has 1 amide bonds. The number of carboxylic acids is 1. The number of carbonyl (C=O) groups is 2. The first-order valence-electron chi connectivity index (χ1n) is 8.41. The summed E-state index contributed by atoms with van der Waals surface area (Å²) in [7, 11) is 0. The van der Waals surface area contributed by atoms with Crippen LogP contribution >= 0.6 is 0 Å². The number of aliphatic carboxylic acids is 1. The zero-order valence-corrected chi connectivity index (χ0v) is 14.1. The van der Waals surface area contributed by atoms with Gasteiger partial charge in [-0.15, -0.1) is 0 Å². The lowest BCUT2D eigenvalue weighted by Gasteiger charge is -2.33. The topological polar surface area (TPSA) is 75.6 Å². The van der Waals surface area contributed by atoms with Crippen LogP contribution in [0.3, 0.4) is 0 Å². The second kappa shape index (κ2) is 6.97. The Morgan fingerprint density at radius 1 is 1.16 bits per heavy atom. The van der Waals surface area contributed by atoms with E-state index in [1.807, 2.05) is 30.3 Å². The molecule has 2 atom stereocenters. The third-order valence-corrected chi connectivity index (χ3v) is 4.77. The number of rotatable bonds is 5. The summed E-state index contributed by atoms with van der Waals surface area (Å²) in [5.74, 6) is -1.08. The van der Waals surface area contributed by atoms with Gasteiger partial charge in [0.2, 0.25) is 5.91 Å². The number of amides is 1. The summed E-state index contributed by atoms with van der Waals surface area (Å²) in [6.07, 6.45) is 0.778. The van der Waals surface area contributed by atoms with E-state index in [4.69, 9.17) is 4.74 Å². The molecule has 5 heteroatoms. The van der Waals surface area contributed by atoms with Crippen molar-refractivity contribution in [2.24, 2.45) is 0 Å². The van der Waals surface area contributed by atoms with Gasteiger partial charge in [-0.05, 0) is 24.5 Å². The average molecular weight is 339 g/mol. The number of ether oxygens (including phenoxy) is 1. The van der Waals surface area contributed by atoms with Crippen LogP contribution in [0, 0.1) is 0 Å². The molecule has 0 saturated carbocycles. The second-order valence-electron chi connectivity index (χ2n) is 6.15. The highest BCUT2D eigenvalue weighted by Gasteiger charge is 2.42. The fraction of sp³-hybridized carbons (Fsp3) is 0.300. The smallest absolute Gasteiger partial charge is 0.334 e. The summed E-state index contributed by atoms with van der Waals surface area (Å²) in [6, 6.07) is 16.2. The van der Waals surface area contributed by atoms with Gasteiger partial charge in [-0.2, -0.15) is 0 Å². The van der Waals surface area contributed by atoms with Gasteiger partial charge >= 0.3 is 5.97 Å². The first kappa shape index (κ1) is 17.0. The van der Waals surface area contributed by atoms with E-state index in [0.717, 1.165) is 5.56 Å². The van der Waals surface area contributed by atoms with Crippen molar-refractivity contribution in [2.45, 2.75) is 31.2 Å². The van der Waals surface area contributed by atoms with Crippen LogP contribution in [-0.4, -0.2) is 23.6 Å². The Balaban J connectivity index is 1.94. The normalized spacial score (nSPS) is 18.4. The molecule has 0 fully saturated rings. The van der Waals surface area contributed by atoms with E-state index in [1.54, 1.807) is 31.2 Å². The van der Waals surface area contributed by atoms with Crippen LogP contribution in [-0.2, 0) is 15.1 Å². The summed E-state index contributed by atoms with van der Waals surface area (Å²) in [5, 5.41) is 12.7. The number of nitrogens with one attached hydrogen (secondary N) is 1. The maximum atomic E-state index is 13.0. The van der Waals surface area contributed by atoms with Gasteiger partial charge in [0, 0.05) is 5.56 Å². The second-order valence-corrected chi connectivity index (χ2v) is 6.15. The summed E-state index contributed by atoms with van der Waals surface area (Å²) in [4.78, 5) is 25.1. The third-order valence-electron chi connectivity index (χ3n) is 4.77. The number of fused-ring (bicyclic) bond motifs is 1. The van der Waals surface area contributed by atoms with Crippen molar-refractivity contribution in [1.29, 1.82) is 0 Å². The molecule has 25 heavy (non-hydrogen) atoms. The standard InChI is InChI=1S/C20H21NO4/c1-2-20(19(23)24,14-8-4-3-5-9-14)21-18(22)16-12-13-25-17-11-7-6-10-15(16)17/h3-11,16H,2,12-13H2,1H3,(H,21,22)(H,23,24). The fourth-order valence-corrected chi connectivity index (χ4v) is 3.33. The zero-order valence-electron chi connectivity index (χ0n) is 14.1. The largest absolute Gasteiger partial charge is 0.493 e. The molecule has 1 aliphatic heterocycles. The highest BCUT2D eigenvalue weighted by Crippen LogP contribution is 2.35. The summed E-state index contributed by atoms with van der Waals surface area (Å²) < 4.78 is 5.60. The highest BCUT2D eigenvalue weighted by atomic mass is 16.5. The molecule has 3 rings (SSSR count). The van der Waals surface area contributed by atoms with Gasteiger partial charge < -0.3 is 15.2 Å². The first-order valence-corrected chi connectivity index (χ1v) is 8.41. The lowest BCUT2D eigenvalue weighted by Crippen LogP contribution is -2.53. The van der Waals surface area contributed by atoms with Crippen molar-refractivity contribution in [3.63, 3.8) is 0 Å². The van der Waals surface area contributed by atoms with E-state index in [0.29, 0.717) is 24.3 Å². The Hall–Kier alpha value is -2.82. The molecule has 0 bridgehead atoms. The van der Waals surface area contributed by atoms with Crippen molar-refractivity contribution in [3.8, 4) is 5.75 Å². The van der Waals surface area contributed by atoms with E-state index < -0.39 is 17.4 Å². The van der Waals surface area contributed by atoms with Crippen LogP contribution in [0.25, 0.3) is 0 Å². The average Bonchev–Trinajstić information content (AvgIpc) is 2.66. The molecule has 2 aromatic rings. The van der Waals surface area contributed by atoms with Gasteiger partial charge in [0.25, 0.3) is 0 Å². The van der Waals surface area contributed by atoms with Gasteiger partial charge in [-0.3, -0.25) is 4.79 Å². The van der Waals surface area contributed by atoms with Crippen LogP contribution in [0.4, 0.5) is 0 Å². The van der Waals surface area contributed by atoms with E-state index in [2.05, 4.69) is 5.32 Å². The minimum absolute atomic E-state index is 0.253. The van der Waals surface area contributed by atoms with Gasteiger partial charge in [-0.1, -0.05) is 55.5 Å². The molecule has 0 aromatic heterocycles. The Kier molecular flexibility index (Phi) is 4.74. The van der Waals surface area contributed by atoms with E-state index in [-0.39, 0.29) is 12.3 Å². The quantitative estimate of drug-likeness (QED) is 0.878.